The number of primary amides is 1. The molecule has 2 nitrogen and oxygen atoms in total. The summed E-state index contributed by atoms with van der Waals surface area (Å²) in [5.41, 5.74) is 5.11. The molecule has 3 heteroatoms. The molecule has 137 valence electrons. The number of hydrogen-bond donors (Lipinski definition) is 1. The average molecular weight is 521 g/mol. The van der Waals surface area contributed by atoms with Crippen LogP contribution in [0.5, 0.6) is 0 Å². The Bertz CT molecular complexity index is 222. The minimum atomic E-state index is -0.153. The van der Waals surface area contributed by atoms with Crippen molar-refractivity contribution in [1.82, 2.24) is 0 Å². The van der Waals surface area contributed by atoms with Crippen LogP contribution < -0.4 is 5.73 Å². The van der Waals surface area contributed by atoms with E-state index in [1.165, 1.54) is 89.9 Å². The van der Waals surface area contributed by atoms with Gasteiger partial charge in [-0.3, -0.25) is 4.79 Å². The zero-order valence-corrected chi connectivity index (χ0v) is 19.1. The minimum Gasteiger partial charge on any atom is -0.370 e. The first kappa shape index (κ1) is 27.9. The van der Waals surface area contributed by atoms with E-state index in [1.807, 2.05) is 0 Å². The Labute approximate surface area is 165 Å². The maximum absolute atomic E-state index is 10.6. The van der Waals surface area contributed by atoms with Crippen LogP contribution in [0.4, 0.5) is 0 Å². The van der Waals surface area contributed by atoms with Crippen LogP contribution in [0.25, 0.3) is 0 Å². The van der Waals surface area contributed by atoms with E-state index in [-0.39, 0.29) is 32.1 Å². The third-order valence-corrected chi connectivity index (χ3v) is 4.03. The summed E-state index contributed by atoms with van der Waals surface area (Å²) >= 11 is 0. The van der Waals surface area contributed by atoms with E-state index in [2.05, 4.69) is 20.1 Å². The van der Waals surface area contributed by atoms with E-state index in [0.29, 0.717) is 6.42 Å². The monoisotopic (exact) mass is 520 g/mol. The molecule has 0 heterocycles. The molecule has 0 saturated heterocycles. The van der Waals surface area contributed by atoms with Gasteiger partial charge in [-0.1, -0.05) is 96.8 Å². The molecule has 1 amide bonds. The molecule has 0 aliphatic carbocycles. The molecule has 23 heavy (non-hydrogen) atoms. The Morgan fingerprint density at radius 2 is 0.913 bits per heavy atom. The van der Waals surface area contributed by atoms with Crippen molar-refractivity contribution < 1.29 is 4.79 Å². The molecule has 0 atom stereocenters. The number of amides is 1. The van der Waals surface area contributed by atoms with Gasteiger partial charge in [0.25, 0.3) is 0 Å². The van der Waals surface area contributed by atoms with Gasteiger partial charge in [-0.05, 0) is 6.42 Å². The van der Waals surface area contributed by atoms with Gasteiger partial charge in [0.2, 0.25) is 5.91 Å². The van der Waals surface area contributed by atoms with Gasteiger partial charge in [0.1, 0.15) is 0 Å². The maximum Gasteiger partial charge on any atom is 0.217 e. The Kier molecular flexibility index (Phi) is 32.7. The summed E-state index contributed by atoms with van der Waals surface area (Å²) in [6, 6.07) is 0. The van der Waals surface area contributed by atoms with Crippen molar-refractivity contribution in [1.29, 1.82) is 0 Å². The van der Waals surface area contributed by atoms with Crippen molar-refractivity contribution in [2.75, 3.05) is 0 Å². The van der Waals surface area contributed by atoms with Gasteiger partial charge in [-0.25, -0.2) is 0 Å². The van der Waals surface area contributed by atoms with Crippen LogP contribution in [-0.2, 0) is 4.79 Å². The molecule has 0 aliphatic rings. The number of nitrogens with two attached hydrogens (primary N) is 1. The van der Waals surface area contributed by atoms with Gasteiger partial charge in [-0.15, -0.1) is 13.2 Å². The smallest absolute Gasteiger partial charge is 0.217 e. The first-order valence-electron chi connectivity index (χ1n) is 9.55. The van der Waals surface area contributed by atoms with Crippen molar-refractivity contribution in [3.63, 3.8) is 0 Å². The van der Waals surface area contributed by atoms with E-state index in [0.717, 1.165) is 6.42 Å². The fourth-order valence-electron chi connectivity index (χ4n) is 2.67. The second kappa shape index (κ2) is 27.0. The maximum atomic E-state index is 10.6. The van der Waals surface area contributed by atoms with E-state index < -0.39 is 0 Å². The quantitative estimate of drug-likeness (QED) is 0.148. The predicted octanol–water partition coefficient (Wildman–Crippen LogP) is 6.15. The first-order valence-corrected chi connectivity index (χ1v) is 9.55. The number of carbonyl (C=O) groups excluding carboxylic acids is 1. The van der Waals surface area contributed by atoms with E-state index in [9.17, 15) is 4.79 Å². The zero-order valence-electron chi connectivity index (χ0n) is 15.7. The number of unbranched alkanes of at least 4 members (excludes halogenated alkanes) is 14. The van der Waals surface area contributed by atoms with Crippen LogP contribution in [0.15, 0.2) is 13.2 Å². The number of carbonyl (C=O) groups is 1. The molecule has 0 aromatic carbocycles. The molecule has 0 rings (SSSR count). The molecule has 2 N–H and O–H groups in total. The fraction of sp³-hybridized carbons (Fsp3) is 0.850. The van der Waals surface area contributed by atoms with Crippen molar-refractivity contribution in [2.24, 2.45) is 5.73 Å². The average Bonchev–Trinajstić information content (AvgIpc) is 2.53. The topological polar surface area (TPSA) is 43.1 Å². The second-order valence-electron chi connectivity index (χ2n) is 6.17. The summed E-state index contributed by atoms with van der Waals surface area (Å²) in [4.78, 5) is 10.6. The third-order valence-electron chi connectivity index (χ3n) is 4.03. The van der Waals surface area contributed by atoms with Gasteiger partial charge >= 0.3 is 0 Å². The van der Waals surface area contributed by atoms with Crippen molar-refractivity contribution in [3.8, 4) is 0 Å². The van der Waals surface area contributed by atoms with Crippen LogP contribution in [0.3, 0.4) is 0 Å². The first-order chi connectivity index (χ1) is 10.8. The van der Waals surface area contributed by atoms with E-state index >= 15 is 0 Å². The molecule has 0 fully saturated rings. The van der Waals surface area contributed by atoms with Gasteiger partial charge < -0.3 is 5.73 Å². The van der Waals surface area contributed by atoms with Crippen molar-refractivity contribution in [3.05, 3.63) is 13.2 Å². The molecular weight excluding hydrogens is 479 g/mol. The Morgan fingerprint density at radius 3 is 1.17 bits per heavy atom. The molecule has 0 spiro atoms. The van der Waals surface area contributed by atoms with Crippen molar-refractivity contribution >= 4 is 32.1 Å². The minimum absolute atomic E-state index is 0. The summed E-state index contributed by atoms with van der Waals surface area (Å²) in [6.45, 7) is 8.28. The molecular formula is C20H41BiNO. The van der Waals surface area contributed by atoms with E-state index in [1.54, 1.807) is 0 Å². The molecule has 0 aromatic heterocycles. The predicted molar refractivity (Wildman–Crippen MR) is 106 cm³/mol. The number of rotatable bonds is 16. The largest absolute Gasteiger partial charge is 0.370 e. The fourth-order valence-corrected chi connectivity index (χ4v) is 2.67. The Balaban J connectivity index is -0.00000128. The third kappa shape index (κ3) is 30.5. The summed E-state index contributed by atoms with van der Waals surface area (Å²) in [5.74, 6) is -0.153. The van der Waals surface area contributed by atoms with Gasteiger partial charge in [0.05, 0.1) is 0 Å². The molecule has 3 radical (unpaired) electrons. The van der Waals surface area contributed by atoms with Crippen LogP contribution in [0, 0.1) is 0 Å². The molecule has 0 aromatic rings. The molecule has 0 saturated carbocycles. The molecule has 0 bridgehead atoms. The van der Waals surface area contributed by atoms with Gasteiger partial charge in [0.15, 0.2) is 0 Å². The van der Waals surface area contributed by atoms with Gasteiger partial charge in [0, 0.05) is 32.6 Å². The molecule has 0 aliphatic heterocycles. The number of hydrogen-bond acceptors (Lipinski definition) is 1. The SMILES string of the molecule is C=C.CCCCCCCCCCCCCCCCCC(N)=O.[Bi]. The van der Waals surface area contributed by atoms with Crippen molar-refractivity contribution in [2.45, 2.75) is 110 Å². The zero-order chi connectivity index (χ0) is 16.9. The van der Waals surface area contributed by atoms with Crippen LogP contribution in [0.2, 0.25) is 0 Å². The summed E-state index contributed by atoms with van der Waals surface area (Å²) in [7, 11) is 0. The van der Waals surface area contributed by atoms with Gasteiger partial charge in [-0.2, -0.15) is 0 Å². The summed E-state index contributed by atoms with van der Waals surface area (Å²) < 4.78 is 0. The Hall–Kier alpha value is 0.0931. The van der Waals surface area contributed by atoms with Crippen LogP contribution in [-0.4, -0.2) is 32.1 Å². The van der Waals surface area contributed by atoms with Crippen LogP contribution in [0.1, 0.15) is 110 Å². The summed E-state index contributed by atoms with van der Waals surface area (Å²) in [5, 5.41) is 0. The standard InChI is InChI=1S/C18H37NO.C2H4.Bi/c1-2-3-4-5-6-7-8-9-10-11-12-13-14-15-16-17-18(19)20;1-2;/h2-17H2,1H3,(H2,19,20);1-2H2;. The normalized spacial score (nSPS) is 9.61. The molecule has 0 unspecified atom stereocenters. The second-order valence-corrected chi connectivity index (χ2v) is 6.17. The van der Waals surface area contributed by atoms with Crippen LogP contribution >= 0.6 is 0 Å². The van der Waals surface area contributed by atoms with E-state index in [4.69, 9.17) is 5.73 Å². The Morgan fingerprint density at radius 1 is 0.652 bits per heavy atom. The summed E-state index contributed by atoms with van der Waals surface area (Å²) in [6.07, 6.45) is 20.9.